The van der Waals surface area contributed by atoms with Crippen LogP contribution in [0.1, 0.15) is 31.8 Å². The summed E-state index contributed by atoms with van der Waals surface area (Å²) in [5.41, 5.74) is -7.27. The molecule has 0 aliphatic heterocycles. The van der Waals surface area contributed by atoms with Crippen molar-refractivity contribution in [2.75, 3.05) is 0 Å². The number of carboxylic acids is 2. The van der Waals surface area contributed by atoms with Crippen molar-refractivity contribution < 1.29 is 45.1 Å². The maximum absolute atomic E-state index is 12.8. The molecule has 0 aliphatic rings. The highest BCUT2D eigenvalue weighted by molar-refractivity contribution is 6.28. The summed E-state index contributed by atoms with van der Waals surface area (Å²) in [4.78, 5) is 49.1. The van der Waals surface area contributed by atoms with E-state index in [2.05, 4.69) is 0 Å². The molecule has 0 saturated carbocycles. The first kappa shape index (κ1) is 23.6. The highest BCUT2D eigenvalue weighted by Gasteiger charge is 2.69. The highest BCUT2D eigenvalue weighted by Crippen LogP contribution is 2.32. The maximum atomic E-state index is 12.8. The van der Waals surface area contributed by atoms with Gasteiger partial charge in [0.1, 0.15) is 0 Å². The second-order valence-electron chi connectivity index (χ2n) is 6.42. The van der Waals surface area contributed by atoms with E-state index in [1.165, 1.54) is 24.3 Å². The van der Waals surface area contributed by atoms with E-state index in [4.69, 9.17) is 0 Å². The number of hydrogen-bond acceptors (Lipinski definition) is 6. The summed E-state index contributed by atoms with van der Waals surface area (Å²) >= 11 is 0. The zero-order valence-electron chi connectivity index (χ0n) is 15.5. The van der Waals surface area contributed by atoms with Gasteiger partial charge in [0, 0.05) is 11.1 Å². The van der Waals surface area contributed by atoms with Crippen LogP contribution in [-0.4, -0.2) is 60.6 Å². The molecule has 0 aromatic heterocycles. The van der Waals surface area contributed by atoms with Crippen LogP contribution in [0.15, 0.2) is 48.5 Å². The molecule has 6 N–H and O–H groups in total. The lowest BCUT2D eigenvalue weighted by Crippen LogP contribution is -2.71. The van der Waals surface area contributed by atoms with Crippen molar-refractivity contribution in [2.45, 2.75) is 25.0 Å². The second-order valence-corrected chi connectivity index (χ2v) is 6.42. The van der Waals surface area contributed by atoms with Gasteiger partial charge in [-0.25, -0.2) is 9.59 Å². The summed E-state index contributed by atoms with van der Waals surface area (Å²) in [6.45, 7) is 3.37. The van der Waals surface area contributed by atoms with Crippen LogP contribution in [0.25, 0.3) is 0 Å². The first-order valence-corrected chi connectivity index (χ1v) is 8.10. The van der Waals surface area contributed by atoms with E-state index in [0.29, 0.717) is 11.1 Å². The van der Waals surface area contributed by atoms with Gasteiger partial charge in [-0.2, -0.15) is 0 Å². The van der Waals surface area contributed by atoms with Crippen LogP contribution >= 0.6 is 0 Å². The lowest BCUT2D eigenvalue weighted by molar-refractivity contribution is -0.187. The van der Waals surface area contributed by atoms with Crippen molar-refractivity contribution in [3.05, 3.63) is 70.8 Å². The van der Waals surface area contributed by atoms with Crippen molar-refractivity contribution in [2.24, 2.45) is 0 Å². The molecule has 2 aromatic rings. The third-order valence-corrected chi connectivity index (χ3v) is 4.43. The number of aryl methyl sites for hydroxylation is 2. The molecule has 2 atom stereocenters. The van der Waals surface area contributed by atoms with Gasteiger partial charge in [-0.05, 0) is 13.8 Å². The minimum atomic E-state index is -3.96. The molecule has 0 spiro atoms. The quantitative estimate of drug-likeness (QED) is 0.372. The van der Waals surface area contributed by atoms with E-state index < -0.39 is 34.7 Å². The number of carbonyl (C=O) groups is 4. The molecule has 0 radical (unpaired) electrons. The highest BCUT2D eigenvalue weighted by atomic mass is 16.5. The second kappa shape index (κ2) is 8.31. The van der Waals surface area contributed by atoms with Gasteiger partial charge in [0.2, 0.25) is 11.6 Å². The first-order chi connectivity index (χ1) is 13.0. The molecule has 1 unspecified atom stereocenters. The maximum Gasteiger partial charge on any atom is 0.348 e. The number of carboxylic acid groups (broad SMARTS) is 2. The average Bonchev–Trinajstić information content (AvgIpc) is 2.66. The van der Waals surface area contributed by atoms with Crippen molar-refractivity contribution in [1.29, 1.82) is 0 Å². The number of aliphatic carboxylic acids is 2. The van der Waals surface area contributed by atoms with Crippen LogP contribution < -0.4 is 0 Å². The predicted octanol–water partition coefficient (Wildman–Crippen LogP) is 0.176. The van der Waals surface area contributed by atoms with Gasteiger partial charge >= 0.3 is 11.9 Å². The Balaban J connectivity index is 0.00000420. The van der Waals surface area contributed by atoms with Gasteiger partial charge in [0.05, 0.1) is 0 Å². The molecule has 9 heteroatoms. The third kappa shape index (κ3) is 3.79. The molecular weight excluding hydrogens is 384 g/mol. The summed E-state index contributed by atoms with van der Waals surface area (Å²) < 4.78 is 0. The summed E-state index contributed by atoms with van der Waals surface area (Å²) in [6, 6.07) is 10.3. The molecule has 0 bridgehead atoms. The predicted molar refractivity (Wildman–Crippen MR) is 99.8 cm³/mol. The first-order valence-electron chi connectivity index (χ1n) is 8.10. The molecule has 0 heterocycles. The lowest BCUT2D eigenvalue weighted by Gasteiger charge is -2.34. The minimum absolute atomic E-state index is 0. The smallest absolute Gasteiger partial charge is 0.348 e. The third-order valence-electron chi connectivity index (χ3n) is 4.43. The topological polar surface area (TPSA) is 181 Å². The SMILES string of the molecule is Cc1ccc(C(=O)C(O)(C(=O)O)[C@](O)(C(=O)O)C(=O)c2ccc(C)cc2)cc1.O. The Labute approximate surface area is 165 Å². The monoisotopic (exact) mass is 404 g/mol. The molecule has 29 heavy (non-hydrogen) atoms. The van der Waals surface area contributed by atoms with Crippen LogP contribution in [0.3, 0.4) is 0 Å². The Morgan fingerprint density at radius 3 is 1.07 bits per heavy atom. The van der Waals surface area contributed by atoms with Gasteiger partial charge in [-0.1, -0.05) is 59.7 Å². The number of hydrogen-bond donors (Lipinski definition) is 4. The molecule has 154 valence electrons. The van der Waals surface area contributed by atoms with Crippen molar-refractivity contribution in [3.63, 3.8) is 0 Å². The van der Waals surface area contributed by atoms with Crippen LogP contribution in [0.2, 0.25) is 0 Å². The van der Waals surface area contributed by atoms with Crippen molar-refractivity contribution in [3.8, 4) is 0 Å². The summed E-state index contributed by atoms with van der Waals surface area (Å²) in [5, 5.41) is 40.3. The van der Waals surface area contributed by atoms with E-state index in [0.717, 1.165) is 24.3 Å². The Kier molecular flexibility index (Phi) is 6.78. The van der Waals surface area contributed by atoms with Gasteiger partial charge in [0.15, 0.2) is 0 Å². The Bertz CT molecular complexity index is 867. The molecule has 0 aliphatic carbocycles. The number of Topliss-reactive ketones (excluding diaryl/α,β-unsaturated/α-hetero) is 2. The van der Waals surface area contributed by atoms with Gasteiger partial charge < -0.3 is 25.9 Å². The fourth-order valence-corrected chi connectivity index (χ4v) is 2.66. The van der Waals surface area contributed by atoms with Crippen LogP contribution in [0.4, 0.5) is 0 Å². The Morgan fingerprint density at radius 2 is 0.862 bits per heavy atom. The van der Waals surface area contributed by atoms with E-state index in [1.54, 1.807) is 13.8 Å². The van der Waals surface area contributed by atoms with Crippen molar-refractivity contribution >= 4 is 23.5 Å². The molecule has 9 nitrogen and oxygen atoms in total. The fourth-order valence-electron chi connectivity index (χ4n) is 2.66. The number of carbonyl (C=O) groups excluding carboxylic acids is 2. The Hall–Kier alpha value is -3.40. The van der Waals surface area contributed by atoms with E-state index in [1.807, 2.05) is 0 Å². The normalized spacial score (nSPS) is 14.6. The van der Waals surface area contributed by atoms with Gasteiger partial charge in [-0.3, -0.25) is 9.59 Å². The Morgan fingerprint density at radius 1 is 0.621 bits per heavy atom. The van der Waals surface area contributed by atoms with E-state index in [9.17, 15) is 39.6 Å². The molecular formula is C20H20O9. The lowest BCUT2D eigenvalue weighted by atomic mass is 9.73. The molecule has 2 rings (SSSR count). The van der Waals surface area contributed by atoms with Crippen LogP contribution in [0.5, 0.6) is 0 Å². The molecule has 0 saturated heterocycles. The number of aliphatic hydroxyl groups is 2. The number of ketones is 2. The summed E-state index contributed by atoms with van der Waals surface area (Å²) in [7, 11) is 0. The van der Waals surface area contributed by atoms with Gasteiger partial charge in [0.25, 0.3) is 11.2 Å². The number of benzene rings is 2. The standard InChI is InChI=1S/C20H18O8.H2O/c1-11-3-7-13(8-4-11)15(21)19(27,17(23)24)20(28,18(25)26)16(22)14-9-5-12(2)6-10-14;/h3-10,27-28H,1-2H3,(H,23,24)(H,25,26);1H2/t19-,20?;/m1./s1. The van der Waals surface area contributed by atoms with Crippen LogP contribution in [-0.2, 0) is 9.59 Å². The van der Waals surface area contributed by atoms with E-state index in [-0.39, 0.29) is 16.6 Å². The fraction of sp³-hybridized carbons (Fsp3) is 0.200. The number of rotatable bonds is 7. The van der Waals surface area contributed by atoms with Crippen molar-refractivity contribution in [1.82, 2.24) is 0 Å². The zero-order chi connectivity index (χ0) is 21.3. The molecule has 0 amide bonds. The average molecular weight is 404 g/mol. The van der Waals surface area contributed by atoms with Gasteiger partial charge in [-0.15, -0.1) is 0 Å². The zero-order valence-corrected chi connectivity index (χ0v) is 15.5. The minimum Gasteiger partial charge on any atom is -0.479 e. The molecule has 0 fully saturated rings. The summed E-state index contributed by atoms with van der Waals surface area (Å²) in [6.07, 6.45) is 0. The van der Waals surface area contributed by atoms with E-state index >= 15 is 0 Å². The summed E-state index contributed by atoms with van der Waals surface area (Å²) in [5.74, 6) is -8.01. The largest absolute Gasteiger partial charge is 0.479 e. The molecule has 2 aromatic carbocycles. The van der Waals surface area contributed by atoms with Crippen LogP contribution in [0, 0.1) is 13.8 Å².